The van der Waals surface area contributed by atoms with E-state index in [2.05, 4.69) is 31.8 Å². The molecule has 0 aliphatic carbocycles. The molecule has 2 rings (SSSR count). The topological polar surface area (TPSA) is 48.1 Å². The average Bonchev–Trinajstić information content (AvgIpc) is 2.45. The normalized spacial score (nSPS) is 11.4. The van der Waals surface area contributed by atoms with Crippen molar-refractivity contribution in [1.82, 2.24) is 4.98 Å². The predicted octanol–water partition coefficient (Wildman–Crippen LogP) is 3.42. The van der Waals surface area contributed by atoms with Gasteiger partial charge >= 0.3 is 0 Å². The lowest BCUT2D eigenvalue weighted by Crippen LogP contribution is -2.15. The largest absolute Gasteiger partial charge is 0.473 e. The number of ether oxygens (including phenoxy) is 1. The average molecular weight is 270 g/mol. The lowest BCUT2D eigenvalue weighted by Gasteiger charge is -2.19. The van der Waals surface area contributed by atoms with Crippen LogP contribution in [0.3, 0.4) is 0 Å². The van der Waals surface area contributed by atoms with Crippen molar-refractivity contribution in [2.24, 2.45) is 5.73 Å². The van der Waals surface area contributed by atoms with Gasteiger partial charge in [0.1, 0.15) is 6.61 Å². The van der Waals surface area contributed by atoms with Crippen LogP contribution in [-0.4, -0.2) is 4.98 Å². The van der Waals surface area contributed by atoms with Crippen molar-refractivity contribution >= 4 is 0 Å². The van der Waals surface area contributed by atoms with Crippen LogP contribution in [0, 0.1) is 0 Å². The molecule has 0 saturated heterocycles. The zero-order valence-corrected chi connectivity index (χ0v) is 12.4. The Hall–Kier alpha value is -1.87. The van der Waals surface area contributed by atoms with Crippen molar-refractivity contribution in [2.45, 2.75) is 39.3 Å². The van der Waals surface area contributed by atoms with Gasteiger partial charge in [0.25, 0.3) is 0 Å². The molecule has 0 amide bonds. The van der Waals surface area contributed by atoms with Gasteiger partial charge in [0.2, 0.25) is 5.88 Å². The third-order valence-electron chi connectivity index (χ3n) is 3.10. The van der Waals surface area contributed by atoms with E-state index in [0.717, 1.165) is 16.8 Å². The van der Waals surface area contributed by atoms with Crippen molar-refractivity contribution in [3.8, 4) is 5.88 Å². The fraction of sp³-hybridized carbons (Fsp3) is 0.353. The Kier molecular flexibility index (Phi) is 4.40. The van der Waals surface area contributed by atoms with Crippen LogP contribution in [0.15, 0.2) is 42.5 Å². The van der Waals surface area contributed by atoms with Gasteiger partial charge in [-0.25, -0.2) is 4.98 Å². The van der Waals surface area contributed by atoms with Gasteiger partial charge < -0.3 is 10.5 Å². The summed E-state index contributed by atoms with van der Waals surface area (Å²) >= 11 is 0. The summed E-state index contributed by atoms with van der Waals surface area (Å²) in [6.07, 6.45) is 0. The summed E-state index contributed by atoms with van der Waals surface area (Å²) in [6, 6.07) is 14.0. The summed E-state index contributed by atoms with van der Waals surface area (Å²) in [5.41, 5.74) is 8.92. The maximum absolute atomic E-state index is 5.80. The van der Waals surface area contributed by atoms with Crippen LogP contribution >= 0.6 is 0 Å². The maximum atomic E-state index is 5.80. The van der Waals surface area contributed by atoms with Crippen molar-refractivity contribution in [3.05, 3.63) is 59.3 Å². The molecule has 0 saturated carbocycles. The zero-order chi connectivity index (χ0) is 14.6. The van der Waals surface area contributed by atoms with Crippen molar-refractivity contribution < 1.29 is 4.74 Å². The van der Waals surface area contributed by atoms with E-state index in [9.17, 15) is 0 Å². The molecule has 0 aliphatic rings. The highest BCUT2D eigenvalue weighted by Crippen LogP contribution is 2.24. The summed E-state index contributed by atoms with van der Waals surface area (Å²) in [5.74, 6) is 0.640. The number of pyridine rings is 1. The molecule has 1 heterocycles. The number of hydrogen-bond donors (Lipinski definition) is 1. The molecule has 0 spiro atoms. The lowest BCUT2D eigenvalue weighted by atomic mass is 9.91. The molecule has 20 heavy (non-hydrogen) atoms. The Morgan fingerprint density at radius 2 is 1.75 bits per heavy atom. The molecule has 2 aromatic rings. The first-order chi connectivity index (χ1) is 9.49. The first-order valence-corrected chi connectivity index (χ1v) is 6.87. The monoisotopic (exact) mass is 270 g/mol. The molecule has 0 fully saturated rings. The summed E-state index contributed by atoms with van der Waals surface area (Å²) in [7, 11) is 0. The van der Waals surface area contributed by atoms with Gasteiger partial charge in [-0.2, -0.15) is 0 Å². The smallest absolute Gasteiger partial charge is 0.214 e. The van der Waals surface area contributed by atoms with Gasteiger partial charge in [-0.1, -0.05) is 51.1 Å². The van der Waals surface area contributed by atoms with Crippen molar-refractivity contribution in [3.63, 3.8) is 0 Å². The van der Waals surface area contributed by atoms with E-state index in [1.807, 2.05) is 36.4 Å². The van der Waals surface area contributed by atoms with Gasteiger partial charge in [-0.3, -0.25) is 0 Å². The minimum atomic E-state index is -0.0178. The molecule has 1 aromatic carbocycles. The van der Waals surface area contributed by atoms with Crippen LogP contribution in [0.5, 0.6) is 5.88 Å². The number of nitrogens with two attached hydrogens (primary N) is 1. The molecule has 0 atom stereocenters. The highest BCUT2D eigenvalue weighted by Gasteiger charge is 2.17. The Bertz CT molecular complexity index is 559. The summed E-state index contributed by atoms with van der Waals surface area (Å²) in [5, 5.41) is 0. The third kappa shape index (κ3) is 3.81. The van der Waals surface area contributed by atoms with E-state index in [0.29, 0.717) is 19.0 Å². The van der Waals surface area contributed by atoms with Crippen LogP contribution in [0.1, 0.15) is 37.6 Å². The molecule has 3 nitrogen and oxygen atoms in total. The van der Waals surface area contributed by atoms with E-state index in [1.165, 1.54) is 0 Å². The zero-order valence-electron chi connectivity index (χ0n) is 12.4. The van der Waals surface area contributed by atoms with Crippen LogP contribution in [0.2, 0.25) is 0 Å². The summed E-state index contributed by atoms with van der Waals surface area (Å²) in [4.78, 5) is 4.59. The van der Waals surface area contributed by atoms with Crippen molar-refractivity contribution in [2.75, 3.05) is 0 Å². The van der Waals surface area contributed by atoms with E-state index >= 15 is 0 Å². The number of nitrogens with zero attached hydrogens (tertiary/aromatic N) is 1. The third-order valence-corrected chi connectivity index (χ3v) is 3.10. The molecule has 106 valence electrons. The summed E-state index contributed by atoms with van der Waals surface area (Å²) < 4.78 is 5.80. The van der Waals surface area contributed by atoms with E-state index in [1.54, 1.807) is 0 Å². The van der Waals surface area contributed by atoms with Gasteiger partial charge in [-0.05, 0) is 17.2 Å². The fourth-order valence-corrected chi connectivity index (χ4v) is 1.87. The van der Waals surface area contributed by atoms with Gasteiger partial charge in [0.15, 0.2) is 0 Å². The SMILES string of the molecule is CC(C)(C)c1cc(CN)cc(OCc2ccccc2)n1. The highest BCUT2D eigenvalue weighted by molar-refractivity contribution is 5.28. The summed E-state index contributed by atoms with van der Waals surface area (Å²) in [6.45, 7) is 7.42. The second kappa shape index (κ2) is 6.06. The number of rotatable bonds is 4. The standard InChI is InChI=1S/C17H22N2O/c1-17(2,3)15-9-14(11-18)10-16(19-15)20-12-13-7-5-4-6-8-13/h4-10H,11-12,18H2,1-3H3. The van der Waals surface area contributed by atoms with Crippen molar-refractivity contribution in [1.29, 1.82) is 0 Å². The fourth-order valence-electron chi connectivity index (χ4n) is 1.87. The van der Waals surface area contributed by atoms with Gasteiger partial charge in [-0.15, -0.1) is 0 Å². The minimum absolute atomic E-state index is 0.0178. The quantitative estimate of drug-likeness (QED) is 0.926. The van der Waals surface area contributed by atoms with E-state index in [4.69, 9.17) is 10.5 Å². The number of aromatic nitrogens is 1. The van der Waals surface area contributed by atoms with Crippen LogP contribution in [0.4, 0.5) is 0 Å². The van der Waals surface area contributed by atoms with E-state index in [-0.39, 0.29) is 5.41 Å². The predicted molar refractivity (Wildman–Crippen MR) is 81.6 cm³/mol. The molecule has 2 N–H and O–H groups in total. The Labute approximate surface area is 120 Å². The molecular weight excluding hydrogens is 248 g/mol. The number of benzene rings is 1. The molecule has 1 aromatic heterocycles. The maximum Gasteiger partial charge on any atom is 0.214 e. The highest BCUT2D eigenvalue weighted by atomic mass is 16.5. The Morgan fingerprint density at radius 3 is 2.35 bits per heavy atom. The Balaban J connectivity index is 2.19. The van der Waals surface area contributed by atoms with Gasteiger partial charge in [0, 0.05) is 18.0 Å². The van der Waals surface area contributed by atoms with E-state index < -0.39 is 0 Å². The molecular formula is C17H22N2O. The molecule has 0 aliphatic heterocycles. The van der Waals surface area contributed by atoms with Gasteiger partial charge in [0.05, 0.1) is 5.69 Å². The molecule has 3 heteroatoms. The first kappa shape index (κ1) is 14.5. The van der Waals surface area contributed by atoms with Crippen LogP contribution in [0.25, 0.3) is 0 Å². The lowest BCUT2D eigenvalue weighted by molar-refractivity contribution is 0.291. The molecule has 0 bridgehead atoms. The molecule has 0 radical (unpaired) electrons. The second-order valence-electron chi connectivity index (χ2n) is 5.93. The first-order valence-electron chi connectivity index (χ1n) is 6.87. The number of hydrogen-bond acceptors (Lipinski definition) is 3. The minimum Gasteiger partial charge on any atom is -0.473 e. The second-order valence-corrected chi connectivity index (χ2v) is 5.93. The Morgan fingerprint density at radius 1 is 1.05 bits per heavy atom. The van der Waals surface area contributed by atoms with Crippen LogP contribution < -0.4 is 10.5 Å². The van der Waals surface area contributed by atoms with Crippen LogP contribution in [-0.2, 0) is 18.6 Å². The molecule has 0 unspecified atom stereocenters.